The first kappa shape index (κ1) is 17.4. The monoisotopic (exact) mass is 365 g/mol. The Morgan fingerprint density at radius 2 is 2.21 bits per heavy atom. The number of nitrogens with zero attached hydrogens (tertiary/aromatic N) is 2. The third-order valence-electron chi connectivity index (χ3n) is 4.40. The first-order valence-corrected chi connectivity index (χ1v) is 10.5. The fourth-order valence-corrected chi connectivity index (χ4v) is 5.20. The van der Waals surface area contributed by atoms with Crippen molar-refractivity contribution in [1.82, 2.24) is 9.71 Å². The third kappa shape index (κ3) is 3.96. The molecular weight excluding hydrogens is 342 g/mol. The van der Waals surface area contributed by atoms with Crippen molar-refractivity contribution in [3.05, 3.63) is 40.9 Å². The van der Waals surface area contributed by atoms with Crippen molar-refractivity contribution >= 4 is 26.5 Å². The highest BCUT2D eigenvalue weighted by Gasteiger charge is 2.24. The van der Waals surface area contributed by atoms with E-state index < -0.39 is 10.0 Å². The standard InChI is InChI=1S/C17H23N3O2S2/c1-13-5-6-14(2)16(10-13)24(21,22)19-11-15-4-3-8-20(12-15)17-18-7-9-23-17/h5-7,9-10,15,19H,3-4,8,11-12H2,1-2H3. The van der Waals surface area contributed by atoms with Crippen molar-refractivity contribution in [3.8, 4) is 0 Å². The van der Waals surface area contributed by atoms with E-state index in [1.54, 1.807) is 17.4 Å². The third-order valence-corrected chi connectivity index (χ3v) is 6.80. The number of piperidine rings is 1. The highest BCUT2D eigenvalue weighted by molar-refractivity contribution is 7.89. The van der Waals surface area contributed by atoms with Crippen molar-refractivity contribution < 1.29 is 8.42 Å². The molecule has 5 nitrogen and oxygen atoms in total. The zero-order valence-electron chi connectivity index (χ0n) is 14.0. The van der Waals surface area contributed by atoms with Gasteiger partial charge in [-0.3, -0.25) is 0 Å². The molecule has 7 heteroatoms. The van der Waals surface area contributed by atoms with E-state index in [2.05, 4.69) is 14.6 Å². The van der Waals surface area contributed by atoms with Gasteiger partial charge in [-0.15, -0.1) is 11.3 Å². The van der Waals surface area contributed by atoms with Crippen molar-refractivity contribution in [2.75, 3.05) is 24.5 Å². The highest BCUT2D eigenvalue weighted by atomic mass is 32.2. The topological polar surface area (TPSA) is 62.3 Å². The van der Waals surface area contributed by atoms with Crippen molar-refractivity contribution in [3.63, 3.8) is 0 Å². The molecule has 0 spiro atoms. The smallest absolute Gasteiger partial charge is 0.240 e. The number of hydrogen-bond acceptors (Lipinski definition) is 5. The van der Waals surface area contributed by atoms with Crippen LogP contribution in [0.3, 0.4) is 0 Å². The largest absolute Gasteiger partial charge is 0.348 e. The average Bonchev–Trinajstić information content (AvgIpc) is 3.10. The van der Waals surface area contributed by atoms with E-state index in [4.69, 9.17) is 0 Å². The number of sulfonamides is 1. The lowest BCUT2D eigenvalue weighted by atomic mass is 9.99. The van der Waals surface area contributed by atoms with E-state index in [0.29, 0.717) is 17.4 Å². The van der Waals surface area contributed by atoms with Gasteiger partial charge in [-0.25, -0.2) is 18.1 Å². The number of aryl methyl sites for hydroxylation is 2. The van der Waals surface area contributed by atoms with Gasteiger partial charge in [-0.1, -0.05) is 12.1 Å². The van der Waals surface area contributed by atoms with Crippen LogP contribution >= 0.6 is 11.3 Å². The molecule has 1 fully saturated rings. The zero-order chi connectivity index (χ0) is 17.2. The van der Waals surface area contributed by atoms with E-state index in [-0.39, 0.29) is 0 Å². The molecule has 1 unspecified atom stereocenters. The predicted molar refractivity (Wildman–Crippen MR) is 98.2 cm³/mol. The summed E-state index contributed by atoms with van der Waals surface area (Å²) in [4.78, 5) is 7.00. The minimum absolute atomic E-state index is 0.308. The van der Waals surface area contributed by atoms with Gasteiger partial charge >= 0.3 is 0 Å². The van der Waals surface area contributed by atoms with Gasteiger partial charge in [0.25, 0.3) is 0 Å². The second-order valence-corrected chi connectivity index (χ2v) is 9.00. The fraction of sp³-hybridized carbons (Fsp3) is 0.471. The fourth-order valence-electron chi connectivity index (χ4n) is 3.08. The summed E-state index contributed by atoms with van der Waals surface area (Å²) < 4.78 is 28.1. The SMILES string of the molecule is Cc1ccc(C)c(S(=O)(=O)NCC2CCCN(c3nccs3)C2)c1. The van der Waals surface area contributed by atoms with Gasteiger partial charge in [0.2, 0.25) is 10.0 Å². The molecule has 0 bridgehead atoms. The van der Waals surface area contributed by atoms with Crippen LogP contribution < -0.4 is 9.62 Å². The lowest BCUT2D eigenvalue weighted by Crippen LogP contribution is -2.41. The van der Waals surface area contributed by atoms with E-state index in [1.807, 2.05) is 37.6 Å². The summed E-state index contributed by atoms with van der Waals surface area (Å²) in [6.45, 7) is 6.05. The quantitative estimate of drug-likeness (QED) is 0.885. The summed E-state index contributed by atoms with van der Waals surface area (Å²) >= 11 is 1.63. The Morgan fingerprint density at radius 3 is 2.96 bits per heavy atom. The highest BCUT2D eigenvalue weighted by Crippen LogP contribution is 2.25. The molecule has 2 heterocycles. The number of thiazole rings is 1. The molecule has 0 saturated carbocycles. The minimum Gasteiger partial charge on any atom is -0.348 e. The van der Waals surface area contributed by atoms with Crippen LogP contribution in [0.15, 0.2) is 34.7 Å². The van der Waals surface area contributed by atoms with Gasteiger partial charge < -0.3 is 4.90 Å². The molecule has 0 radical (unpaired) electrons. The Kier molecular flexibility index (Phi) is 5.22. The second kappa shape index (κ2) is 7.21. The number of aromatic nitrogens is 1. The lowest BCUT2D eigenvalue weighted by molar-refractivity contribution is 0.410. The molecule has 1 saturated heterocycles. The van der Waals surface area contributed by atoms with Crippen LogP contribution in [-0.2, 0) is 10.0 Å². The Morgan fingerprint density at radius 1 is 1.38 bits per heavy atom. The van der Waals surface area contributed by atoms with Gasteiger partial charge in [-0.2, -0.15) is 0 Å². The Labute approximate surface area is 147 Å². The molecular formula is C17H23N3O2S2. The molecule has 1 N–H and O–H groups in total. The Balaban J connectivity index is 1.65. The normalized spacial score (nSPS) is 18.8. The molecule has 3 rings (SSSR count). The van der Waals surface area contributed by atoms with Crippen LogP contribution in [0.1, 0.15) is 24.0 Å². The van der Waals surface area contributed by atoms with Crippen LogP contribution in [0.5, 0.6) is 0 Å². The van der Waals surface area contributed by atoms with Crippen LogP contribution in [0.25, 0.3) is 0 Å². The Hall–Kier alpha value is -1.44. The molecule has 130 valence electrons. The second-order valence-electron chi connectivity index (χ2n) is 6.39. The Bertz CT molecular complexity index is 788. The maximum absolute atomic E-state index is 12.6. The van der Waals surface area contributed by atoms with Crippen molar-refractivity contribution in [1.29, 1.82) is 0 Å². The van der Waals surface area contributed by atoms with Gasteiger partial charge in [0, 0.05) is 31.2 Å². The summed E-state index contributed by atoms with van der Waals surface area (Å²) in [5.74, 6) is 0.308. The number of hydrogen-bond donors (Lipinski definition) is 1. The zero-order valence-corrected chi connectivity index (χ0v) is 15.7. The van der Waals surface area contributed by atoms with Crippen LogP contribution in [-0.4, -0.2) is 33.0 Å². The summed E-state index contributed by atoms with van der Waals surface area (Å²) in [6.07, 6.45) is 3.92. The van der Waals surface area contributed by atoms with Crippen molar-refractivity contribution in [2.45, 2.75) is 31.6 Å². The molecule has 1 aliphatic heterocycles. The van der Waals surface area contributed by atoms with Crippen LogP contribution in [0.4, 0.5) is 5.13 Å². The summed E-state index contributed by atoms with van der Waals surface area (Å²) in [5, 5.41) is 3.00. The van der Waals surface area contributed by atoms with E-state index >= 15 is 0 Å². The van der Waals surface area contributed by atoms with Gasteiger partial charge in [0.1, 0.15) is 0 Å². The molecule has 0 aliphatic carbocycles. The summed E-state index contributed by atoms with van der Waals surface area (Å²) in [7, 11) is -3.47. The van der Waals surface area contributed by atoms with Gasteiger partial charge in [-0.05, 0) is 49.8 Å². The lowest BCUT2D eigenvalue weighted by Gasteiger charge is -2.32. The summed E-state index contributed by atoms with van der Waals surface area (Å²) in [6, 6.07) is 5.52. The van der Waals surface area contributed by atoms with E-state index in [1.165, 1.54) is 0 Å². The molecule has 1 aliphatic rings. The molecule has 2 aromatic rings. The molecule has 1 aromatic carbocycles. The predicted octanol–water partition coefficient (Wildman–Crippen LogP) is 2.95. The van der Waals surface area contributed by atoms with E-state index in [9.17, 15) is 8.42 Å². The first-order valence-electron chi connectivity index (χ1n) is 8.17. The molecule has 1 atom stereocenters. The molecule has 0 amide bonds. The summed E-state index contributed by atoms with van der Waals surface area (Å²) in [5.41, 5.74) is 1.73. The average molecular weight is 366 g/mol. The first-order chi connectivity index (χ1) is 11.5. The maximum Gasteiger partial charge on any atom is 0.240 e. The number of rotatable bonds is 5. The molecule has 24 heavy (non-hydrogen) atoms. The van der Waals surface area contributed by atoms with Crippen LogP contribution in [0.2, 0.25) is 0 Å². The van der Waals surface area contributed by atoms with Crippen LogP contribution in [0, 0.1) is 19.8 Å². The minimum atomic E-state index is -3.47. The van der Waals surface area contributed by atoms with Gasteiger partial charge in [0.05, 0.1) is 4.90 Å². The number of nitrogens with one attached hydrogen (secondary N) is 1. The van der Waals surface area contributed by atoms with Crippen molar-refractivity contribution in [2.24, 2.45) is 5.92 Å². The number of benzene rings is 1. The maximum atomic E-state index is 12.6. The van der Waals surface area contributed by atoms with Gasteiger partial charge in [0.15, 0.2) is 5.13 Å². The molecule has 1 aromatic heterocycles. The van der Waals surface area contributed by atoms with E-state index in [0.717, 1.165) is 42.2 Å². The number of anilines is 1.